The van der Waals surface area contributed by atoms with Crippen LogP contribution in [0.25, 0.3) is 0 Å². The summed E-state index contributed by atoms with van der Waals surface area (Å²) in [5.41, 5.74) is 0.410. The first kappa shape index (κ1) is 22.0. The van der Waals surface area contributed by atoms with Crippen LogP contribution >= 0.6 is 0 Å². The highest BCUT2D eigenvalue weighted by Gasteiger charge is 2.29. The maximum Gasteiger partial charge on any atom is 0.374 e. The van der Waals surface area contributed by atoms with Gasteiger partial charge in [-0.05, 0) is 44.0 Å². The molecular formula is C20H22FNO7S. The molecule has 162 valence electrons. The van der Waals surface area contributed by atoms with E-state index in [1.807, 2.05) is 0 Å². The lowest BCUT2D eigenvalue weighted by Gasteiger charge is -2.26. The molecule has 1 saturated heterocycles. The molecule has 8 nitrogen and oxygen atoms in total. The first-order valence-corrected chi connectivity index (χ1v) is 10.8. The van der Waals surface area contributed by atoms with Crippen LogP contribution in [0.4, 0.5) is 4.39 Å². The minimum atomic E-state index is -4.05. The number of aryl methyl sites for hydroxylation is 1. The van der Waals surface area contributed by atoms with Crippen LogP contribution < -0.4 is 0 Å². The van der Waals surface area contributed by atoms with Crippen molar-refractivity contribution >= 4 is 22.0 Å². The molecule has 0 atom stereocenters. The molecule has 2 aromatic rings. The summed E-state index contributed by atoms with van der Waals surface area (Å²) in [6.07, 6.45) is 2.34. The van der Waals surface area contributed by atoms with E-state index >= 15 is 0 Å². The van der Waals surface area contributed by atoms with E-state index in [-0.39, 0.29) is 23.7 Å². The van der Waals surface area contributed by atoms with E-state index in [2.05, 4.69) is 4.74 Å². The quantitative estimate of drug-likeness (QED) is 0.637. The van der Waals surface area contributed by atoms with Gasteiger partial charge in [-0.2, -0.15) is 4.31 Å². The number of sulfonamides is 1. The summed E-state index contributed by atoms with van der Waals surface area (Å²) >= 11 is 0. The molecule has 30 heavy (non-hydrogen) atoms. The Kier molecular flexibility index (Phi) is 6.57. The fourth-order valence-electron chi connectivity index (χ4n) is 3.21. The van der Waals surface area contributed by atoms with E-state index < -0.39 is 32.7 Å². The molecule has 1 aromatic heterocycles. The smallest absolute Gasteiger partial charge is 0.374 e. The van der Waals surface area contributed by atoms with Gasteiger partial charge in [0.15, 0.2) is 0 Å². The SMILES string of the molecule is COC(=O)c1oc(COC(=O)c2ccc(F)c(S(=O)(=O)N3CCCCC3)c2)cc1C. The molecule has 10 heteroatoms. The van der Waals surface area contributed by atoms with Gasteiger partial charge in [0.1, 0.15) is 23.1 Å². The minimum Gasteiger partial charge on any atom is -0.463 e. The molecule has 3 rings (SSSR count). The number of esters is 2. The maximum atomic E-state index is 14.3. The molecule has 1 aliphatic rings. The Morgan fingerprint density at radius 2 is 1.83 bits per heavy atom. The standard InChI is InChI=1S/C20H22FNO7S/c1-13-10-15(29-18(13)20(24)27-2)12-28-19(23)14-6-7-16(21)17(11-14)30(25,26)22-8-4-3-5-9-22/h6-7,10-11H,3-5,8-9,12H2,1-2H3. The van der Waals surface area contributed by atoms with Gasteiger partial charge < -0.3 is 13.9 Å². The van der Waals surface area contributed by atoms with Crippen molar-refractivity contribution in [1.82, 2.24) is 4.31 Å². The van der Waals surface area contributed by atoms with Gasteiger partial charge >= 0.3 is 11.9 Å². The summed E-state index contributed by atoms with van der Waals surface area (Å²) in [5, 5.41) is 0. The van der Waals surface area contributed by atoms with Crippen molar-refractivity contribution in [2.75, 3.05) is 20.2 Å². The van der Waals surface area contributed by atoms with Gasteiger partial charge in [0.25, 0.3) is 0 Å². The fraction of sp³-hybridized carbons (Fsp3) is 0.400. The zero-order valence-corrected chi connectivity index (χ0v) is 17.5. The molecular weight excluding hydrogens is 417 g/mol. The van der Waals surface area contributed by atoms with Crippen LogP contribution in [0.2, 0.25) is 0 Å². The minimum absolute atomic E-state index is 0.000224. The first-order valence-electron chi connectivity index (χ1n) is 9.38. The van der Waals surface area contributed by atoms with Gasteiger partial charge in [-0.3, -0.25) is 0 Å². The number of methoxy groups -OCH3 is 1. The second kappa shape index (κ2) is 8.97. The van der Waals surface area contributed by atoms with Crippen molar-refractivity contribution in [2.24, 2.45) is 0 Å². The molecule has 1 aliphatic heterocycles. The van der Waals surface area contributed by atoms with E-state index in [9.17, 15) is 22.4 Å². The Bertz CT molecular complexity index is 1060. The largest absolute Gasteiger partial charge is 0.463 e. The van der Waals surface area contributed by atoms with E-state index in [1.165, 1.54) is 17.5 Å². The number of nitrogens with zero attached hydrogens (tertiary/aromatic N) is 1. The van der Waals surface area contributed by atoms with Crippen molar-refractivity contribution in [1.29, 1.82) is 0 Å². The van der Waals surface area contributed by atoms with Gasteiger partial charge in [0, 0.05) is 18.7 Å². The topological polar surface area (TPSA) is 103 Å². The van der Waals surface area contributed by atoms with E-state index in [0.717, 1.165) is 24.6 Å². The molecule has 0 bridgehead atoms. The highest BCUT2D eigenvalue weighted by atomic mass is 32.2. The van der Waals surface area contributed by atoms with Gasteiger partial charge in [0.05, 0.1) is 12.7 Å². The summed E-state index contributed by atoms with van der Waals surface area (Å²) in [5.74, 6) is -2.22. The molecule has 2 heterocycles. The molecule has 1 aromatic carbocycles. The summed E-state index contributed by atoms with van der Waals surface area (Å²) < 4.78 is 56.1. The average Bonchev–Trinajstić information content (AvgIpc) is 3.12. The Hall–Kier alpha value is -2.72. The molecule has 0 aliphatic carbocycles. The van der Waals surface area contributed by atoms with Crippen molar-refractivity contribution in [3.63, 3.8) is 0 Å². The number of hydrogen-bond acceptors (Lipinski definition) is 7. The normalized spacial score (nSPS) is 15.0. The molecule has 0 saturated carbocycles. The van der Waals surface area contributed by atoms with Crippen molar-refractivity contribution in [3.8, 4) is 0 Å². The molecule has 0 amide bonds. The van der Waals surface area contributed by atoms with E-state index in [0.29, 0.717) is 31.5 Å². The number of carbonyl (C=O) groups excluding carboxylic acids is 2. The lowest BCUT2D eigenvalue weighted by Crippen LogP contribution is -2.36. The lowest BCUT2D eigenvalue weighted by atomic mass is 10.2. The predicted octanol–water partition coefficient (Wildman–Crippen LogP) is 3.05. The zero-order chi connectivity index (χ0) is 21.9. The van der Waals surface area contributed by atoms with Crippen LogP contribution in [-0.2, 0) is 26.1 Å². The third-order valence-corrected chi connectivity index (χ3v) is 6.70. The number of benzene rings is 1. The number of carbonyl (C=O) groups is 2. The van der Waals surface area contributed by atoms with Gasteiger partial charge in [-0.15, -0.1) is 0 Å². The summed E-state index contributed by atoms with van der Waals surface area (Å²) in [6.45, 7) is 1.98. The molecule has 1 fully saturated rings. The Morgan fingerprint density at radius 1 is 1.13 bits per heavy atom. The number of halogens is 1. The summed E-state index contributed by atoms with van der Waals surface area (Å²) in [7, 11) is -2.83. The van der Waals surface area contributed by atoms with Crippen molar-refractivity contribution < 1.29 is 36.3 Å². The summed E-state index contributed by atoms with van der Waals surface area (Å²) in [4.78, 5) is 23.4. The van der Waals surface area contributed by atoms with Crippen LogP contribution in [0, 0.1) is 12.7 Å². The second-order valence-corrected chi connectivity index (χ2v) is 8.81. The van der Waals surface area contributed by atoms with Crippen LogP contribution in [0.1, 0.15) is 51.5 Å². The first-order chi connectivity index (χ1) is 14.2. The number of rotatable bonds is 6. The highest BCUT2D eigenvalue weighted by Crippen LogP contribution is 2.24. The molecule has 0 unspecified atom stereocenters. The lowest BCUT2D eigenvalue weighted by molar-refractivity contribution is 0.0438. The maximum absolute atomic E-state index is 14.3. The van der Waals surface area contributed by atoms with Crippen LogP contribution in [0.3, 0.4) is 0 Å². The van der Waals surface area contributed by atoms with Crippen molar-refractivity contribution in [3.05, 3.63) is 52.7 Å². The molecule has 0 N–H and O–H groups in total. The average molecular weight is 439 g/mol. The third kappa shape index (κ3) is 4.54. The number of hydrogen-bond donors (Lipinski definition) is 0. The fourth-order valence-corrected chi connectivity index (χ4v) is 4.81. The van der Waals surface area contributed by atoms with E-state index in [4.69, 9.17) is 9.15 Å². The highest BCUT2D eigenvalue weighted by molar-refractivity contribution is 7.89. The third-order valence-electron chi connectivity index (χ3n) is 4.78. The Labute approximate surface area is 173 Å². The predicted molar refractivity (Wildman–Crippen MR) is 103 cm³/mol. The van der Waals surface area contributed by atoms with Crippen LogP contribution in [0.15, 0.2) is 33.6 Å². The monoisotopic (exact) mass is 439 g/mol. The van der Waals surface area contributed by atoms with E-state index in [1.54, 1.807) is 6.92 Å². The number of furan rings is 1. The Balaban J connectivity index is 1.76. The van der Waals surface area contributed by atoms with Crippen LogP contribution in [-0.4, -0.2) is 44.9 Å². The molecule has 0 radical (unpaired) electrons. The van der Waals surface area contributed by atoms with Gasteiger partial charge in [-0.1, -0.05) is 6.42 Å². The summed E-state index contributed by atoms with van der Waals surface area (Å²) in [6, 6.07) is 4.59. The van der Waals surface area contributed by atoms with Crippen molar-refractivity contribution in [2.45, 2.75) is 37.7 Å². The van der Waals surface area contributed by atoms with Crippen LogP contribution in [0.5, 0.6) is 0 Å². The molecule has 0 spiro atoms. The van der Waals surface area contributed by atoms with Gasteiger partial charge in [0.2, 0.25) is 15.8 Å². The second-order valence-electron chi connectivity index (χ2n) is 6.90. The Morgan fingerprint density at radius 3 is 2.50 bits per heavy atom. The number of ether oxygens (including phenoxy) is 2. The van der Waals surface area contributed by atoms with Gasteiger partial charge in [-0.25, -0.2) is 22.4 Å². The zero-order valence-electron chi connectivity index (χ0n) is 16.6. The number of piperidine rings is 1.